The maximum Gasteiger partial charge on any atom is 0.241 e. The number of piperidine rings is 1. The zero-order chi connectivity index (χ0) is 20.6. The van der Waals surface area contributed by atoms with Crippen LogP contribution in [0.2, 0.25) is 0 Å². The van der Waals surface area contributed by atoms with Crippen LogP contribution in [-0.2, 0) is 11.3 Å². The number of nitrogens with one attached hydrogen (secondary N) is 2. The molecule has 1 aliphatic heterocycles. The molecular weight excluding hydrogens is 497 g/mol. The van der Waals surface area contributed by atoms with Crippen molar-refractivity contribution in [3.63, 3.8) is 0 Å². The predicted octanol–water partition coefficient (Wildman–Crippen LogP) is 1.84. The molecule has 30 heavy (non-hydrogen) atoms. The van der Waals surface area contributed by atoms with Crippen molar-refractivity contribution >= 4 is 35.8 Å². The van der Waals surface area contributed by atoms with Crippen LogP contribution in [0, 0.1) is 0 Å². The van der Waals surface area contributed by atoms with E-state index in [0.29, 0.717) is 12.5 Å². The van der Waals surface area contributed by atoms with Gasteiger partial charge >= 0.3 is 0 Å². The molecule has 0 spiro atoms. The van der Waals surface area contributed by atoms with Gasteiger partial charge in [-0.3, -0.25) is 9.89 Å². The fraction of sp³-hybridized carbons (Fsp3) is 0.500. The lowest BCUT2D eigenvalue weighted by Crippen LogP contribution is -2.48. The quantitative estimate of drug-likeness (QED) is 0.338. The number of ether oxygens (including phenoxy) is 1. The molecule has 1 saturated heterocycles. The lowest BCUT2D eigenvalue weighted by atomic mass is 9.96. The Kier molecular flexibility index (Phi) is 9.34. The molecule has 0 saturated carbocycles. The highest BCUT2D eigenvalue weighted by molar-refractivity contribution is 14.0. The minimum atomic E-state index is 0. The number of aliphatic imine (C=N–C) groups is 1. The zero-order valence-corrected chi connectivity index (χ0v) is 20.0. The Morgan fingerprint density at radius 3 is 2.57 bits per heavy atom. The monoisotopic (exact) mass is 527 g/mol. The Morgan fingerprint density at radius 1 is 1.30 bits per heavy atom. The lowest BCUT2D eigenvalue weighted by molar-refractivity contribution is -0.127. The second kappa shape index (κ2) is 11.7. The second-order valence-corrected chi connectivity index (χ2v) is 7.26. The summed E-state index contributed by atoms with van der Waals surface area (Å²) in [5, 5.41) is 10.2. The predicted molar refractivity (Wildman–Crippen MR) is 126 cm³/mol. The van der Waals surface area contributed by atoms with E-state index in [-0.39, 0.29) is 36.4 Å². The molecule has 1 aromatic carbocycles. The summed E-state index contributed by atoms with van der Waals surface area (Å²) >= 11 is 0. The van der Waals surface area contributed by atoms with Crippen molar-refractivity contribution < 1.29 is 9.53 Å². The molecule has 1 aromatic heterocycles. The number of amides is 1. The van der Waals surface area contributed by atoms with E-state index in [1.807, 2.05) is 24.3 Å². The van der Waals surface area contributed by atoms with Crippen LogP contribution in [-0.4, -0.2) is 77.7 Å². The van der Waals surface area contributed by atoms with Crippen molar-refractivity contribution in [2.24, 2.45) is 4.99 Å². The van der Waals surface area contributed by atoms with Crippen molar-refractivity contribution in [2.75, 3.05) is 40.8 Å². The third-order valence-corrected chi connectivity index (χ3v) is 5.08. The van der Waals surface area contributed by atoms with Crippen molar-refractivity contribution in [1.29, 1.82) is 0 Å². The number of aromatic nitrogens is 3. The molecule has 2 heterocycles. The third kappa shape index (κ3) is 6.57. The van der Waals surface area contributed by atoms with E-state index in [9.17, 15) is 4.79 Å². The normalized spacial score (nSPS) is 14.8. The van der Waals surface area contributed by atoms with E-state index in [4.69, 9.17) is 9.73 Å². The van der Waals surface area contributed by atoms with Crippen LogP contribution in [0.1, 0.15) is 30.1 Å². The Morgan fingerprint density at radius 2 is 2.00 bits per heavy atom. The van der Waals surface area contributed by atoms with Gasteiger partial charge < -0.3 is 19.9 Å². The number of hydrogen-bond donors (Lipinski definition) is 2. The smallest absolute Gasteiger partial charge is 0.241 e. The Balaban J connectivity index is 0.00000320. The van der Waals surface area contributed by atoms with Gasteiger partial charge in [-0.1, -0.05) is 12.1 Å². The molecule has 2 aromatic rings. The van der Waals surface area contributed by atoms with Gasteiger partial charge in [0.1, 0.15) is 17.9 Å². The van der Waals surface area contributed by atoms with Crippen LogP contribution in [0.3, 0.4) is 0 Å². The van der Waals surface area contributed by atoms with Crippen LogP contribution in [0.5, 0.6) is 5.75 Å². The number of likely N-dealkylation sites (tertiary alicyclic amines) is 1. The molecule has 0 radical (unpaired) electrons. The van der Waals surface area contributed by atoms with Crippen molar-refractivity contribution in [2.45, 2.75) is 25.3 Å². The van der Waals surface area contributed by atoms with E-state index < -0.39 is 0 Å². The molecule has 0 bridgehead atoms. The largest absolute Gasteiger partial charge is 0.497 e. The number of aromatic amines is 1. The van der Waals surface area contributed by atoms with Gasteiger partial charge in [-0.05, 0) is 30.5 Å². The number of benzene rings is 1. The summed E-state index contributed by atoms with van der Waals surface area (Å²) in [7, 11) is 5.15. The number of carbonyl (C=O) groups excluding carboxylic acids is 1. The summed E-state index contributed by atoms with van der Waals surface area (Å²) in [6.07, 6.45) is 3.47. The molecule has 1 aliphatic rings. The molecule has 2 N–H and O–H groups in total. The minimum absolute atomic E-state index is 0. The summed E-state index contributed by atoms with van der Waals surface area (Å²) in [6.45, 7) is 2.44. The van der Waals surface area contributed by atoms with Gasteiger partial charge in [0, 0.05) is 33.1 Å². The first kappa shape index (κ1) is 23.9. The highest BCUT2D eigenvalue weighted by atomic mass is 127. The lowest BCUT2D eigenvalue weighted by Gasteiger charge is -2.33. The first-order chi connectivity index (χ1) is 14.1. The summed E-state index contributed by atoms with van der Waals surface area (Å²) in [5.41, 5.74) is 1.08. The molecular formula is C20H30IN7O2. The van der Waals surface area contributed by atoms with E-state index in [2.05, 4.69) is 25.4 Å². The van der Waals surface area contributed by atoms with Crippen LogP contribution >= 0.6 is 24.0 Å². The SMILES string of the molecule is COc1ccc(CN=C(NCC(=O)N(C)C)N2CCC(c3ncn[nH]3)CC2)cc1.I. The summed E-state index contributed by atoms with van der Waals surface area (Å²) in [5.74, 6) is 2.91. The Bertz CT molecular complexity index is 801. The summed E-state index contributed by atoms with van der Waals surface area (Å²) < 4.78 is 5.21. The number of likely N-dealkylation sites (N-methyl/N-ethyl adjacent to an activating group) is 1. The van der Waals surface area contributed by atoms with Gasteiger partial charge in [-0.2, -0.15) is 5.10 Å². The molecule has 0 atom stereocenters. The fourth-order valence-electron chi connectivity index (χ4n) is 3.25. The highest BCUT2D eigenvalue weighted by Gasteiger charge is 2.24. The van der Waals surface area contributed by atoms with E-state index in [1.54, 1.807) is 32.4 Å². The van der Waals surface area contributed by atoms with Crippen LogP contribution < -0.4 is 10.1 Å². The van der Waals surface area contributed by atoms with Gasteiger partial charge in [-0.15, -0.1) is 24.0 Å². The van der Waals surface area contributed by atoms with Gasteiger partial charge in [0.2, 0.25) is 5.91 Å². The molecule has 9 nitrogen and oxygen atoms in total. The molecule has 1 amide bonds. The molecule has 3 rings (SSSR count). The minimum Gasteiger partial charge on any atom is -0.497 e. The Hall–Kier alpha value is -2.37. The van der Waals surface area contributed by atoms with Gasteiger partial charge in [0.15, 0.2) is 5.96 Å². The summed E-state index contributed by atoms with van der Waals surface area (Å²) in [4.78, 5) is 24.9. The first-order valence-corrected chi connectivity index (χ1v) is 9.78. The zero-order valence-electron chi connectivity index (χ0n) is 17.7. The van der Waals surface area contributed by atoms with Crippen molar-refractivity contribution in [3.05, 3.63) is 42.0 Å². The topological polar surface area (TPSA) is 98.7 Å². The van der Waals surface area contributed by atoms with Crippen molar-refractivity contribution in [1.82, 2.24) is 30.3 Å². The average molecular weight is 527 g/mol. The Labute approximate surface area is 194 Å². The average Bonchev–Trinajstić information content (AvgIpc) is 3.29. The maximum absolute atomic E-state index is 12.0. The van der Waals surface area contributed by atoms with Crippen LogP contribution in [0.4, 0.5) is 0 Å². The molecule has 164 valence electrons. The third-order valence-electron chi connectivity index (χ3n) is 5.08. The number of H-pyrrole nitrogens is 1. The molecule has 0 unspecified atom stereocenters. The number of carbonyl (C=O) groups is 1. The standard InChI is InChI=1S/C20H29N7O2.HI/c1-26(2)18(28)13-22-20(21-12-15-4-6-17(29-3)7-5-15)27-10-8-16(9-11-27)19-23-14-24-25-19;/h4-7,14,16H,8-13H2,1-3H3,(H,21,22)(H,23,24,25);1H. The maximum atomic E-state index is 12.0. The number of methoxy groups -OCH3 is 1. The molecule has 10 heteroatoms. The number of rotatable bonds is 6. The van der Waals surface area contributed by atoms with Crippen molar-refractivity contribution in [3.8, 4) is 5.75 Å². The van der Waals surface area contributed by atoms with E-state index in [0.717, 1.165) is 49.0 Å². The highest BCUT2D eigenvalue weighted by Crippen LogP contribution is 2.25. The number of halogens is 1. The molecule has 0 aliphatic carbocycles. The molecule has 1 fully saturated rings. The number of guanidine groups is 1. The number of nitrogens with zero attached hydrogens (tertiary/aromatic N) is 5. The summed E-state index contributed by atoms with van der Waals surface area (Å²) in [6, 6.07) is 7.86. The van der Waals surface area contributed by atoms with Gasteiger partial charge in [0.05, 0.1) is 20.2 Å². The second-order valence-electron chi connectivity index (χ2n) is 7.26. The first-order valence-electron chi connectivity index (χ1n) is 9.78. The fourth-order valence-corrected chi connectivity index (χ4v) is 3.25. The van der Waals surface area contributed by atoms with Gasteiger partial charge in [0.25, 0.3) is 0 Å². The van der Waals surface area contributed by atoms with Crippen LogP contribution in [0.25, 0.3) is 0 Å². The number of hydrogen-bond acceptors (Lipinski definition) is 5. The van der Waals surface area contributed by atoms with Gasteiger partial charge in [-0.25, -0.2) is 9.98 Å². The van der Waals surface area contributed by atoms with E-state index in [1.165, 1.54) is 0 Å². The van der Waals surface area contributed by atoms with E-state index >= 15 is 0 Å². The van der Waals surface area contributed by atoms with Crippen LogP contribution in [0.15, 0.2) is 35.6 Å².